The lowest BCUT2D eigenvalue weighted by Gasteiger charge is -2.27. The molecule has 0 saturated carbocycles. The van der Waals surface area contributed by atoms with Crippen molar-refractivity contribution in [3.8, 4) is 5.75 Å². The predicted molar refractivity (Wildman–Crippen MR) is 129 cm³/mol. The topological polar surface area (TPSA) is 171 Å². The van der Waals surface area contributed by atoms with Gasteiger partial charge in [-0.3, -0.25) is 19.4 Å². The summed E-state index contributed by atoms with van der Waals surface area (Å²) in [4.78, 5) is 52.7. The lowest BCUT2D eigenvalue weighted by Crippen LogP contribution is -2.57. The molecule has 1 saturated heterocycles. The minimum absolute atomic E-state index is 0.00179. The van der Waals surface area contributed by atoms with Gasteiger partial charge in [0, 0.05) is 36.6 Å². The molecule has 3 rings (SSSR count). The Morgan fingerprint density at radius 2 is 1.79 bits per heavy atom. The molecule has 1 atom stereocenters. The van der Waals surface area contributed by atoms with Gasteiger partial charge >= 0.3 is 6.18 Å². The highest BCUT2D eigenvalue weighted by Crippen LogP contribution is 2.36. The summed E-state index contributed by atoms with van der Waals surface area (Å²) in [6, 6.07) is 1.18. The van der Waals surface area contributed by atoms with Gasteiger partial charge < -0.3 is 26.4 Å². The molecule has 2 aromatic heterocycles. The summed E-state index contributed by atoms with van der Waals surface area (Å²) < 4.78 is 38.8. The Morgan fingerprint density at radius 3 is 2.39 bits per heavy atom. The molecule has 2 aromatic rings. The minimum Gasteiger partial charge on any atom is -0.506 e. The van der Waals surface area contributed by atoms with Crippen LogP contribution >= 0.6 is 0 Å². The zero-order valence-electron chi connectivity index (χ0n) is 20.6. The first-order chi connectivity index (χ1) is 17.8. The zero-order valence-corrected chi connectivity index (χ0v) is 20.6. The lowest BCUT2D eigenvalue weighted by molar-refractivity contribution is -0.138. The maximum atomic E-state index is 12.9. The maximum absolute atomic E-state index is 12.9. The molecule has 0 radical (unpaired) electrons. The molecule has 15 heteroatoms. The molecule has 0 aromatic carbocycles. The van der Waals surface area contributed by atoms with Crippen LogP contribution in [0.2, 0.25) is 0 Å². The van der Waals surface area contributed by atoms with Gasteiger partial charge in [-0.25, -0.2) is 15.0 Å². The number of aromatic hydroxyl groups is 1. The van der Waals surface area contributed by atoms with E-state index in [1.807, 2.05) is 0 Å². The number of alkyl halides is 3. The summed E-state index contributed by atoms with van der Waals surface area (Å²) in [5.74, 6) is -3.24. The molecule has 0 bridgehead atoms. The fourth-order valence-corrected chi connectivity index (χ4v) is 2.96. The Hall–Kier alpha value is -4.40. The number of amides is 3. The summed E-state index contributed by atoms with van der Waals surface area (Å²) in [5.41, 5.74) is -0.876. The number of carbonyl (C=O) groups excluding carboxylic acids is 3. The third-order valence-electron chi connectivity index (χ3n) is 5.47. The first kappa shape index (κ1) is 28.2. The van der Waals surface area contributed by atoms with Crippen molar-refractivity contribution >= 4 is 29.3 Å². The molecule has 0 aliphatic carbocycles. The Bertz CT molecular complexity index is 1290. The first-order valence-corrected chi connectivity index (χ1v) is 11.3. The number of hydrogen-bond acceptors (Lipinski definition) is 9. The molecule has 0 spiro atoms. The average Bonchev–Trinajstić information content (AvgIpc) is 2.84. The number of aromatic nitrogens is 3. The second-order valence-electron chi connectivity index (χ2n) is 8.43. The van der Waals surface area contributed by atoms with Gasteiger partial charge in [-0.1, -0.05) is 0 Å². The molecule has 1 aliphatic heterocycles. The van der Waals surface area contributed by atoms with Crippen LogP contribution in [-0.2, 0) is 11.0 Å². The Balaban J connectivity index is 1.60. The minimum atomic E-state index is -4.83. The van der Waals surface area contributed by atoms with E-state index in [0.717, 1.165) is 6.33 Å². The lowest BCUT2D eigenvalue weighted by atomic mass is 10.1. The highest BCUT2D eigenvalue weighted by Gasteiger charge is 2.34. The SMILES string of the molecule is CC(=N/C=C(\C)C(=O)Nc1cc(C(F)(F)F)c(O)cn1)C(C)NC(=O)c1cc(C(=O)NC2CNC2)ncn1. The van der Waals surface area contributed by atoms with E-state index in [1.54, 1.807) is 13.8 Å². The number of nitrogens with one attached hydrogen (secondary N) is 4. The Labute approximate surface area is 214 Å². The maximum Gasteiger partial charge on any atom is 0.420 e. The highest BCUT2D eigenvalue weighted by atomic mass is 19.4. The number of nitrogens with zero attached hydrogens (tertiary/aromatic N) is 4. The summed E-state index contributed by atoms with van der Waals surface area (Å²) in [5, 5.41) is 20.0. The second-order valence-corrected chi connectivity index (χ2v) is 8.43. The number of anilines is 1. The van der Waals surface area contributed by atoms with Crippen LogP contribution in [0, 0.1) is 0 Å². The van der Waals surface area contributed by atoms with Gasteiger partial charge in [-0.05, 0) is 26.8 Å². The fourth-order valence-electron chi connectivity index (χ4n) is 2.96. The molecule has 12 nitrogen and oxygen atoms in total. The number of hydrogen-bond donors (Lipinski definition) is 5. The molecule has 202 valence electrons. The molecular weight excluding hydrogens is 509 g/mol. The van der Waals surface area contributed by atoms with Crippen LogP contribution in [-0.4, -0.2) is 68.7 Å². The smallest absolute Gasteiger partial charge is 0.420 e. The van der Waals surface area contributed by atoms with Crippen LogP contribution in [0.3, 0.4) is 0 Å². The molecule has 1 aliphatic rings. The predicted octanol–water partition coefficient (Wildman–Crippen LogP) is 1.42. The molecule has 3 heterocycles. The number of halogens is 3. The van der Waals surface area contributed by atoms with Crippen LogP contribution in [0.1, 0.15) is 47.3 Å². The first-order valence-electron chi connectivity index (χ1n) is 11.3. The fraction of sp³-hybridized carbons (Fsp3) is 0.348. The molecule has 5 N–H and O–H groups in total. The van der Waals surface area contributed by atoms with Crippen molar-refractivity contribution in [3.63, 3.8) is 0 Å². The molecule has 3 amide bonds. The van der Waals surface area contributed by atoms with Crippen molar-refractivity contribution in [2.45, 2.75) is 39.0 Å². The number of aliphatic imine (C=N–C) groups is 1. The number of carbonyl (C=O) groups is 3. The average molecular weight is 534 g/mol. The van der Waals surface area contributed by atoms with Gasteiger partial charge in [0.05, 0.1) is 18.3 Å². The molecular formula is C23H25F3N8O4. The van der Waals surface area contributed by atoms with Crippen molar-refractivity contribution in [2.75, 3.05) is 18.4 Å². The van der Waals surface area contributed by atoms with E-state index >= 15 is 0 Å². The third kappa shape index (κ3) is 7.32. The summed E-state index contributed by atoms with van der Waals surface area (Å²) in [6.45, 7) is 5.92. The summed E-state index contributed by atoms with van der Waals surface area (Å²) in [6.07, 6.45) is -1.95. The standard InChI is InChI=1S/C23H25F3N8O4/c1-11(20(36)34-19-4-15(23(24,25)26)18(35)9-29-19)6-28-12(2)13(3)32-21(37)16-5-17(31-10-30-16)22(38)33-14-7-27-8-14/h4-6,9-10,13-14,27,35H,7-8H2,1-3H3,(H,32,37)(H,33,38)(H,29,34,36)/b11-6+,28-12?. The van der Waals surface area contributed by atoms with Gasteiger partial charge in [-0.2, -0.15) is 13.2 Å². The highest BCUT2D eigenvalue weighted by molar-refractivity contribution is 6.03. The summed E-state index contributed by atoms with van der Waals surface area (Å²) in [7, 11) is 0. The van der Waals surface area contributed by atoms with Crippen LogP contribution in [0.4, 0.5) is 19.0 Å². The quantitative estimate of drug-likeness (QED) is 0.250. The zero-order chi connectivity index (χ0) is 28.0. The second kappa shape index (κ2) is 11.8. The van der Waals surface area contributed by atoms with E-state index in [9.17, 15) is 32.7 Å². The van der Waals surface area contributed by atoms with Crippen molar-refractivity contribution in [1.29, 1.82) is 0 Å². The summed E-state index contributed by atoms with van der Waals surface area (Å²) >= 11 is 0. The van der Waals surface area contributed by atoms with Gasteiger partial charge in [0.15, 0.2) is 0 Å². The third-order valence-corrected chi connectivity index (χ3v) is 5.47. The van der Waals surface area contributed by atoms with Crippen molar-refractivity contribution < 1.29 is 32.7 Å². The van der Waals surface area contributed by atoms with Gasteiger partial charge in [0.1, 0.15) is 34.8 Å². The van der Waals surface area contributed by atoms with E-state index < -0.39 is 47.1 Å². The molecule has 38 heavy (non-hydrogen) atoms. The van der Waals surface area contributed by atoms with Gasteiger partial charge in [0.25, 0.3) is 17.7 Å². The van der Waals surface area contributed by atoms with Crippen LogP contribution in [0.25, 0.3) is 0 Å². The number of rotatable bonds is 8. The normalized spacial score (nSPS) is 15.3. The Morgan fingerprint density at radius 1 is 1.13 bits per heavy atom. The Kier molecular flexibility index (Phi) is 8.72. The number of pyridine rings is 1. The van der Waals surface area contributed by atoms with Crippen molar-refractivity contribution in [2.24, 2.45) is 4.99 Å². The van der Waals surface area contributed by atoms with E-state index in [2.05, 4.69) is 41.2 Å². The monoisotopic (exact) mass is 534 g/mol. The van der Waals surface area contributed by atoms with E-state index in [0.29, 0.717) is 31.1 Å². The molecule has 1 unspecified atom stereocenters. The van der Waals surface area contributed by atoms with Crippen LogP contribution in [0.15, 0.2) is 41.4 Å². The van der Waals surface area contributed by atoms with Gasteiger partial charge in [-0.15, -0.1) is 0 Å². The van der Waals surface area contributed by atoms with E-state index in [-0.39, 0.29) is 23.0 Å². The van der Waals surface area contributed by atoms with Crippen LogP contribution < -0.4 is 21.3 Å². The molecule has 1 fully saturated rings. The van der Waals surface area contributed by atoms with E-state index in [1.165, 1.54) is 19.2 Å². The van der Waals surface area contributed by atoms with Gasteiger partial charge in [0.2, 0.25) is 0 Å². The van der Waals surface area contributed by atoms with Crippen molar-refractivity contribution in [3.05, 3.63) is 53.4 Å². The van der Waals surface area contributed by atoms with Crippen LogP contribution in [0.5, 0.6) is 5.75 Å². The van der Waals surface area contributed by atoms with Crippen molar-refractivity contribution in [1.82, 2.24) is 30.9 Å². The van der Waals surface area contributed by atoms with E-state index in [4.69, 9.17) is 0 Å². The largest absolute Gasteiger partial charge is 0.506 e.